The molecule has 0 aliphatic carbocycles. The van der Waals surface area contributed by atoms with E-state index in [1.54, 1.807) is 0 Å². The zero-order valence-corrected chi connectivity index (χ0v) is 14.0. The summed E-state index contributed by atoms with van der Waals surface area (Å²) in [6, 6.07) is 7.81. The molecule has 1 aromatic carbocycles. The second-order valence-corrected chi connectivity index (χ2v) is 7.06. The number of nitrogens with zero attached hydrogens (tertiary/aromatic N) is 1. The normalized spacial score (nSPS) is 23.9. The first kappa shape index (κ1) is 16.5. The molecule has 1 aromatic rings. The van der Waals surface area contributed by atoms with Gasteiger partial charge in [0.1, 0.15) is 0 Å². The summed E-state index contributed by atoms with van der Waals surface area (Å²) in [5.74, 6) is 0.694. The number of ether oxygens (including phenoxy) is 1. The molecule has 23 heavy (non-hydrogen) atoms. The quantitative estimate of drug-likeness (QED) is 0.932. The monoisotopic (exact) mass is 317 g/mol. The third-order valence-electron chi connectivity index (χ3n) is 5.36. The standard InChI is InChI=1S/C19H27NO3/c1-15-3-2-4-17(13-15)18(22)20-9-7-19(8-10-20)14-16(5-11-21)6-12-23-19/h2-4,13,16,21H,5-12,14H2,1H3. The molecule has 126 valence electrons. The van der Waals surface area contributed by atoms with E-state index in [-0.39, 0.29) is 18.1 Å². The molecule has 1 unspecified atom stereocenters. The van der Waals surface area contributed by atoms with Gasteiger partial charge in [0.2, 0.25) is 0 Å². The van der Waals surface area contributed by atoms with Crippen molar-refractivity contribution in [1.29, 1.82) is 0 Å². The average molecular weight is 317 g/mol. The van der Waals surface area contributed by atoms with E-state index in [1.165, 1.54) is 0 Å². The van der Waals surface area contributed by atoms with Gasteiger partial charge in [-0.3, -0.25) is 4.79 Å². The molecular formula is C19H27NO3. The maximum atomic E-state index is 12.6. The number of benzene rings is 1. The second-order valence-electron chi connectivity index (χ2n) is 7.06. The molecule has 2 aliphatic rings. The molecule has 0 saturated carbocycles. The Morgan fingerprint density at radius 3 is 2.87 bits per heavy atom. The first-order valence-corrected chi connectivity index (χ1v) is 8.73. The van der Waals surface area contributed by atoms with Crippen molar-refractivity contribution in [1.82, 2.24) is 4.90 Å². The van der Waals surface area contributed by atoms with E-state index in [9.17, 15) is 9.90 Å². The number of aliphatic hydroxyl groups excluding tert-OH is 1. The molecule has 2 saturated heterocycles. The molecule has 1 amide bonds. The molecule has 2 heterocycles. The van der Waals surface area contributed by atoms with Gasteiger partial charge in [0.05, 0.1) is 5.60 Å². The Morgan fingerprint density at radius 1 is 1.39 bits per heavy atom. The molecule has 0 bridgehead atoms. The van der Waals surface area contributed by atoms with Gasteiger partial charge in [-0.05, 0) is 57.1 Å². The highest BCUT2D eigenvalue weighted by Crippen LogP contribution is 2.38. The van der Waals surface area contributed by atoms with Gasteiger partial charge in [0.15, 0.2) is 0 Å². The minimum absolute atomic E-state index is 0.0680. The second kappa shape index (κ2) is 7.02. The third-order valence-corrected chi connectivity index (χ3v) is 5.36. The van der Waals surface area contributed by atoms with Crippen LogP contribution in [0.25, 0.3) is 0 Å². The molecule has 1 atom stereocenters. The SMILES string of the molecule is Cc1cccc(C(=O)N2CCC3(CC2)CC(CCO)CCO3)c1. The lowest BCUT2D eigenvalue weighted by atomic mass is 9.78. The smallest absolute Gasteiger partial charge is 0.253 e. The Labute approximate surface area is 138 Å². The summed E-state index contributed by atoms with van der Waals surface area (Å²) in [5.41, 5.74) is 1.83. The van der Waals surface area contributed by atoms with Crippen LogP contribution in [0.3, 0.4) is 0 Å². The van der Waals surface area contributed by atoms with Crippen LogP contribution in [0.1, 0.15) is 48.0 Å². The first-order chi connectivity index (χ1) is 11.1. The van der Waals surface area contributed by atoms with Gasteiger partial charge in [-0.1, -0.05) is 17.7 Å². The number of rotatable bonds is 3. The highest BCUT2D eigenvalue weighted by Gasteiger charge is 2.40. The van der Waals surface area contributed by atoms with E-state index >= 15 is 0 Å². The van der Waals surface area contributed by atoms with Crippen molar-refractivity contribution in [3.05, 3.63) is 35.4 Å². The number of carbonyl (C=O) groups is 1. The molecular weight excluding hydrogens is 290 g/mol. The Hall–Kier alpha value is -1.39. The van der Waals surface area contributed by atoms with E-state index in [4.69, 9.17) is 4.74 Å². The molecule has 1 spiro atoms. The van der Waals surface area contributed by atoms with Crippen molar-refractivity contribution in [2.75, 3.05) is 26.3 Å². The van der Waals surface area contributed by atoms with Gasteiger partial charge in [-0.15, -0.1) is 0 Å². The molecule has 2 aliphatic heterocycles. The summed E-state index contributed by atoms with van der Waals surface area (Å²) in [4.78, 5) is 14.6. The van der Waals surface area contributed by atoms with Gasteiger partial charge in [0, 0.05) is 31.9 Å². The van der Waals surface area contributed by atoms with Gasteiger partial charge < -0.3 is 14.7 Å². The Balaban J connectivity index is 1.60. The van der Waals surface area contributed by atoms with Crippen LogP contribution in [-0.2, 0) is 4.74 Å². The Bertz CT molecular complexity index is 547. The Morgan fingerprint density at radius 2 is 2.17 bits per heavy atom. The third kappa shape index (κ3) is 3.75. The lowest BCUT2D eigenvalue weighted by Crippen LogP contribution is -2.50. The molecule has 2 fully saturated rings. The zero-order valence-electron chi connectivity index (χ0n) is 14.0. The van der Waals surface area contributed by atoms with Crippen LogP contribution in [0.2, 0.25) is 0 Å². The molecule has 3 rings (SSSR count). The van der Waals surface area contributed by atoms with E-state index < -0.39 is 0 Å². The number of aryl methyl sites for hydroxylation is 1. The van der Waals surface area contributed by atoms with Gasteiger partial charge >= 0.3 is 0 Å². The molecule has 0 aromatic heterocycles. The van der Waals surface area contributed by atoms with Crippen LogP contribution >= 0.6 is 0 Å². The van der Waals surface area contributed by atoms with E-state index in [1.807, 2.05) is 36.1 Å². The van der Waals surface area contributed by atoms with Crippen LogP contribution in [0.15, 0.2) is 24.3 Å². The number of aliphatic hydroxyl groups is 1. The minimum atomic E-state index is -0.0680. The largest absolute Gasteiger partial charge is 0.396 e. The summed E-state index contributed by atoms with van der Waals surface area (Å²) in [5, 5.41) is 9.17. The van der Waals surface area contributed by atoms with Crippen LogP contribution in [0.4, 0.5) is 0 Å². The van der Waals surface area contributed by atoms with Crippen molar-refractivity contribution in [3.8, 4) is 0 Å². The van der Waals surface area contributed by atoms with Crippen molar-refractivity contribution >= 4 is 5.91 Å². The van der Waals surface area contributed by atoms with Crippen molar-refractivity contribution in [3.63, 3.8) is 0 Å². The van der Waals surface area contributed by atoms with Crippen molar-refractivity contribution < 1.29 is 14.6 Å². The highest BCUT2D eigenvalue weighted by atomic mass is 16.5. The van der Waals surface area contributed by atoms with Crippen LogP contribution in [-0.4, -0.2) is 47.8 Å². The Kier molecular flexibility index (Phi) is 5.02. The van der Waals surface area contributed by atoms with E-state index in [0.29, 0.717) is 5.92 Å². The number of hydrogen-bond donors (Lipinski definition) is 1. The summed E-state index contributed by atoms with van der Waals surface area (Å²) in [6.45, 7) is 4.59. The van der Waals surface area contributed by atoms with Crippen LogP contribution in [0, 0.1) is 12.8 Å². The minimum Gasteiger partial charge on any atom is -0.396 e. The lowest BCUT2D eigenvalue weighted by Gasteiger charge is -2.46. The number of amides is 1. The lowest BCUT2D eigenvalue weighted by molar-refractivity contribution is -0.125. The number of hydrogen-bond acceptors (Lipinski definition) is 3. The fourth-order valence-corrected chi connectivity index (χ4v) is 3.98. The van der Waals surface area contributed by atoms with Crippen LogP contribution in [0.5, 0.6) is 0 Å². The van der Waals surface area contributed by atoms with Gasteiger partial charge in [-0.25, -0.2) is 0 Å². The topological polar surface area (TPSA) is 49.8 Å². The van der Waals surface area contributed by atoms with Gasteiger partial charge in [0.25, 0.3) is 5.91 Å². The maximum absolute atomic E-state index is 12.6. The summed E-state index contributed by atoms with van der Waals surface area (Å²) in [7, 11) is 0. The molecule has 4 heteroatoms. The van der Waals surface area contributed by atoms with E-state index in [0.717, 1.165) is 62.9 Å². The van der Waals surface area contributed by atoms with Crippen LogP contribution < -0.4 is 0 Å². The summed E-state index contributed by atoms with van der Waals surface area (Å²) in [6.07, 6.45) is 4.77. The predicted molar refractivity (Wildman–Crippen MR) is 89.4 cm³/mol. The summed E-state index contributed by atoms with van der Waals surface area (Å²) < 4.78 is 6.12. The maximum Gasteiger partial charge on any atom is 0.253 e. The molecule has 0 radical (unpaired) electrons. The molecule has 1 N–H and O–H groups in total. The first-order valence-electron chi connectivity index (χ1n) is 8.73. The number of likely N-dealkylation sites (tertiary alicyclic amines) is 1. The fourth-order valence-electron chi connectivity index (χ4n) is 3.98. The zero-order chi connectivity index (χ0) is 16.3. The summed E-state index contributed by atoms with van der Waals surface area (Å²) >= 11 is 0. The van der Waals surface area contributed by atoms with Gasteiger partial charge in [-0.2, -0.15) is 0 Å². The number of carbonyl (C=O) groups excluding carboxylic acids is 1. The average Bonchev–Trinajstić information content (AvgIpc) is 2.55. The van der Waals surface area contributed by atoms with E-state index in [2.05, 4.69) is 0 Å². The van der Waals surface area contributed by atoms with Crippen molar-refractivity contribution in [2.45, 2.75) is 44.6 Å². The van der Waals surface area contributed by atoms with Crippen molar-refractivity contribution in [2.24, 2.45) is 5.92 Å². The molecule has 4 nitrogen and oxygen atoms in total. The predicted octanol–water partition coefficient (Wildman–Crippen LogP) is 2.78. The number of piperidine rings is 1. The highest BCUT2D eigenvalue weighted by molar-refractivity contribution is 5.94. The fraction of sp³-hybridized carbons (Fsp3) is 0.632.